The lowest BCUT2D eigenvalue weighted by Gasteiger charge is -2.49. The van der Waals surface area contributed by atoms with Gasteiger partial charge in [-0.3, -0.25) is 34.1 Å². The van der Waals surface area contributed by atoms with Crippen LogP contribution < -0.4 is 26.6 Å². The highest BCUT2D eigenvalue weighted by molar-refractivity contribution is 6.31. The van der Waals surface area contributed by atoms with Crippen molar-refractivity contribution in [2.75, 3.05) is 50.2 Å². The van der Waals surface area contributed by atoms with Crippen LogP contribution in [0.2, 0.25) is 10.0 Å². The predicted molar refractivity (Wildman–Crippen MR) is 263 cm³/mol. The van der Waals surface area contributed by atoms with Crippen LogP contribution in [-0.2, 0) is 40.6 Å². The zero-order valence-electron chi connectivity index (χ0n) is 38.6. The molecule has 3 atom stereocenters. The maximum atomic E-state index is 15.1. The molecule has 14 nitrogen and oxygen atoms in total. The number of carbonyl (C=O) groups is 6. The fourth-order valence-corrected chi connectivity index (χ4v) is 10.1. The average molecular weight is 984 g/mol. The zero-order valence-corrected chi connectivity index (χ0v) is 40.2. The topological polar surface area (TPSA) is 184 Å². The molecule has 5 N–H and O–H groups in total. The van der Waals surface area contributed by atoms with Crippen LogP contribution in [0.1, 0.15) is 108 Å². The molecule has 2 fully saturated rings. The normalized spacial score (nSPS) is 18.1. The van der Waals surface area contributed by atoms with Crippen molar-refractivity contribution in [1.29, 1.82) is 0 Å². The van der Waals surface area contributed by atoms with Gasteiger partial charge in [0.15, 0.2) is 0 Å². The number of ether oxygens (including phenoxy) is 2. The molecule has 69 heavy (non-hydrogen) atoms. The maximum Gasteiger partial charge on any atom is 0.254 e. The second-order valence-corrected chi connectivity index (χ2v) is 18.1. The van der Waals surface area contributed by atoms with Crippen molar-refractivity contribution in [3.05, 3.63) is 128 Å². The van der Waals surface area contributed by atoms with E-state index in [2.05, 4.69) is 45.3 Å². The quantitative estimate of drug-likeness (QED) is 0.0361. The molecule has 2 heterocycles. The first-order chi connectivity index (χ1) is 33.4. The number of anilines is 2. The molecule has 1 saturated carbocycles. The molecular formula is C52H57Cl2FN6O8. The molecule has 6 amide bonds. The van der Waals surface area contributed by atoms with E-state index in [9.17, 15) is 28.8 Å². The van der Waals surface area contributed by atoms with Crippen molar-refractivity contribution in [3.8, 4) is 11.8 Å². The van der Waals surface area contributed by atoms with Crippen LogP contribution in [0.25, 0.3) is 0 Å². The van der Waals surface area contributed by atoms with Crippen LogP contribution in [0.3, 0.4) is 0 Å². The lowest BCUT2D eigenvalue weighted by atomic mass is 9.56. The summed E-state index contributed by atoms with van der Waals surface area (Å²) in [7, 11) is 0. The molecular weight excluding hydrogens is 927 g/mol. The molecule has 0 bridgehead atoms. The third-order valence-corrected chi connectivity index (χ3v) is 13.9. The number of rotatable bonds is 19. The second-order valence-electron chi connectivity index (χ2n) is 17.3. The maximum absolute atomic E-state index is 15.1. The van der Waals surface area contributed by atoms with Gasteiger partial charge in [0, 0.05) is 82.1 Å². The van der Waals surface area contributed by atoms with Gasteiger partial charge in [0.05, 0.1) is 24.8 Å². The molecule has 1 spiro atoms. The first-order valence-corrected chi connectivity index (χ1v) is 23.7. The number of nitrogens with zero attached hydrogens (tertiary/aromatic N) is 1. The number of hydrogen-bond donors (Lipinski definition) is 5. The number of benzene rings is 4. The second kappa shape index (κ2) is 24.9. The molecule has 364 valence electrons. The summed E-state index contributed by atoms with van der Waals surface area (Å²) in [6.45, 7) is 6.67. The molecule has 0 aromatic heterocycles. The number of fused-ring (bicyclic) bond motifs is 1. The Morgan fingerprint density at radius 3 is 2.41 bits per heavy atom. The summed E-state index contributed by atoms with van der Waals surface area (Å²) in [5, 5.41) is 14.7. The summed E-state index contributed by atoms with van der Waals surface area (Å²) in [6.07, 6.45) is 7.65. The molecule has 7 rings (SSSR count). The molecule has 4 aromatic carbocycles. The summed E-state index contributed by atoms with van der Waals surface area (Å²) < 4.78 is 26.1. The number of imide groups is 1. The average Bonchev–Trinajstić information content (AvgIpc) is 3.83. The Labute approximate surface area is 411 Å². The molecule has 17 heteroatoms. The molecule has 0 radical (unpaired) electrons. The Kier molecular flexibility index (Phi) is 18.9. The van der Waals surface area contributed by atoms with Gasteiger partial charge in [-0.05, 0) is 97.5 Å². The minimum absolute atomic E-state index is 0.101. The predicted octanol–water partition coefficient (Wildman–Crippen LogP) is 7.52. The van der Waals surface area contributed by atoms with Gasteiger partial charge in [0.1, 0.15) is 12.4 Å². The Balaban J connectivity index is 0.000000238. The van der Waals surface area contributed by atoms with E-state index in [0.717, 1.165) is 42.4 Å². The summed E-state index contributed by atoms with van der Waals surface area (Å²) in [4.78, 5) is 70.4. The molecule has 4 aromatic rings. The van der Waals surface area contributed by atoms with Crippen LogP contribution in [0, 0.1) is 17.7 Å². The Hall–Kier alpha value is -6.15. The van der Waals surface area contributed by atoms with Crippen molar-refractivity contribution >= 4 is 71.5 Å². The molecule has 2 unspecified atom stereocenters. The number of halogens is 3. The first kappa shape index (κ1) is 52.2. The van der Waals surface area contributed by atoms with Gasteiger partial charge in [-0.25, -0.2) is 4.39 Å². The minimum Gasteiger partial charge on any atom is -0.377 e. The van der Waals surface area contributed by atoms with Crippen molar-refractivity contribution < 1.29 is 42.6 Å². The fraction of sp³-hybridized carbons (Fsp3) is 0.385. The minimum atomic E-state index is -0.450. The molecule has 1 saturated heterocycles. The van der Waals surface area contributed by atoms with Gasteiger partial charge in [-0.2, -0.15) is 0 Å². The highest BCUT2D eigenvalue weighted by atomic mass is 35.5. The largest absolute Gasteiger partial charge is 0.377 e. The standard InChI is InChI=1S/C29H32N4O7.C23H25Cl2FN2O/c1-21(7-12-27(36)32-20-35)33-18-26-22(4-2-6-25(26)29(33)38)5-3-14-39-16-17-40-15-13-30-28(37)23-8-10-24(11-9-23)31-19-34;1-22(17-9-8-15(24)12-20(17)27-14-29)18(16-6-5-7-19(25)21(16)26)13-28-23(22)10-3-2-4-11-23/h2,4,6,8-11,19-21H,7,12-18H2,1H3,(H,30,37)(H,31,34)(H,32,35,36);5-9,12,14,18,28H,2-4,10-11,13H2,1H3,(H,27,29)/t;18?,22-/m.1/s1. The lowest BCUT2D eigenvalue weighted by Crippen LogP contribution is -2.55. The van der Waals surface area contributed by atoms with Gasteiger partial charge >= 0.3 is 0 Å². The zero-order chi connectivity index (χ0) is 49.4. The van der Waals surface area contributed by atoms with Gasteiger partial charge in [0.25, 0.3) is 11.8 Å². The van der Waals surface area contributed by atoms with E-state index in [1.54, 1.807) is 59.5 Å². The number of amides is 6. The van der Waals surface area contributed by atoms with Crippen molar-refractivity contribution in [2.24, 2.45) is 0 Å². The van der Waals surface area contributed by atoms with Crippen molar-refractivity contribution in [1.82, 2.24) is 20.9 Å². The molecule has 1 aliphatic carbocycles. The van der Waals surface area contributed by atoms with Crippen LogP contribution in [0.4, 0.5) is 15.8 Å². The Bertz CT molecular complexity index is 2550. The highest BCUT2D eigenvalue weighted by Gasteiger charge is 2.59. The van der Waals surface area contributed by atoms with Crippen LogP contribution in [0.15, 0.2) is 78.9 Å². The SMILES string of the molecule is CC(CCC(=O)NC=O)N1Cc2c(C#CCOCCOCCNC(=O)c3ccc(NC=O)cc3)cccc2C1=O.C[C@@]1(c2ccc(Cl)cc2NC=O)C(c2cccc(Cl)c2F)CNC12CCCCC2. The summed E-state index contributed by atoms with van der Waals surface area (Å²) in [6, 6.07) is 22.6. The Morgan fingerprint density at radius 2 is 1.67 bits per heavy atom. The van der Waals surface area contributed by atoms with Crippen molar-refractivity contribution in [3.63, 3.8) is 0 Å². The van der Waals surface area contributed by atoms with Gasteiger partial charge in [0.2, 0.25) is 25.1 Å². The van der Waals surface area contributed by atoms with Crippen molar-refractivity contribution in [2.45, 2.75) is 88.3 Å². The highest BCUT2D eigenvalue weighted by Crippen LogP contribution is 2.58. The third kappa shape index (κ3) is 12.6. The number of hydrogen-bond acceptors (Lipinski definition) is 9. The monoisotopic (exact) mass is 982 g/mol. The lowest BCUT2D eigenvalue weighted by molar-refractivity contribution is -0.125. The van der Waals surface area contributed by atoms with E-state index < -0.39 is 5.41 Å². The molecule has 3 aliphatic rings. The van der Waals surface area contributed by atoms with E-state index in [1.807, 2.05) is 31.2 Å². The van der Waals surface area contributed by atoms with E-state index in [0.29, 0.717) is 98.2 Å². The summed E-state index contributed by atoms with van der Waals surface area (Å²) in [5.74, 6) is 4.84. The third-order valence-electron chi connectivity index (χ3n) is 13.4. The fourth-order valence-electron chi connectivity index (χ4n) is 9.74. The molecule has 2 aliphatic heterocycles. The van der Waals surface area contributed by atoms with Crippen LogP contribution >= 0.6 is 23.2 Å². The van der Waals surface area contributed by atoms with E-state index in [1.165, 1.54) is 6.42 Å². The van der Waals surface area contributed by atoms with Gasteiger partial charge in [-0.1, -0.05) is 85.5 Å². The van der Waals surface area contributed by atoms with E-state index in [-0.39, 0.29) is 59.1 Å². The van der Waals surface area contributed by atoms with Crippen LogP contribution in [-0.4, -0.2) is 92.9 Å². The van der Waals surface area contributed by atoms with Crippen LogP contribution in [0.5, 0.6) is 0 Å². The number of carbonyl (C=O) groups excluding carboxylic acids is 6. The van der Waals surface area contributed by atoms with E-state index >= 15 is 4.39 Å². The summed E-state index contributed by atoms with van der Waals surface area (Å²) in [5.41, 5.74) is 4.93. The van der Waals surface area contributed by atoms with Gasteiger partial charge in [-0.15, -0.1) is 0 Å². The number of nitrogens with one attached hydrogen (secondary N) is 5. The smallest absolute Gasteiger partial charge is 0.254 e. The first-order valence-electron chi connectivity index (χ1n) is 22.9. The summed E-state index contributed by atoms with van der Waals surface area (Å²) >= 11 is 12.4. The van der Waals surface area contributed by atoms with Gasteiger partial charge < -0.3 is 35.6 Å². The van der Waals surface area contributed by atoms with E-state index in [4.69, 9.17) is 32.7 Å². The Morgan fingerprint density at radius 1 is 0.928 bits per heavy atom.